The van der Waals surface area contributed by atoms with Gasteiger partial charge in [0.05, 0.1) is 0 Å². The lowest BCUT2D eigenvalue weighted by Gasteiger charge is -2.38. The van der Waals surface area contributed by atoms with E-state index in [1.54, 1.807) is 0 Å². The molecule has 0 spiro atoms. The van der Waals surface area contributed by atoms with E-state index in [-0.39, 0.29) is 0 Å². The van der Waals surface area contributed by atoms with Gasteiger partial charge in [-0.25, -0.2) is 0 Å². The lowest BCUT2D eigenvalue weighted by atomic mass is 9.88. The molecule has 0 amide bonds. The Bertz CT molecular complexity index is 505. The van der Waals surface area contributed by atoms with Crippen molar-refractivity contribution < 1.29 is 0 Å². The van der Waals surface area contributed by atoms with Crippen LogP contribution in [0.4, 0.5) is 5.69 Å². The first-order valence-electron chi connectivity index (χ1n) is 5.86. The molecule has 0 aromatic heterocycles. The highest BCUT2D eigenvalue weighted by Crippen LogP contribution is 2.52. The molecule has 1 aromatic rings. The van der Waals surface area contributed by atoms with E-state index in [1.165, 1.54) is 18.4 Å². The molecule has 2 heterocycles. The molecule has 17 heavy (non-hydrogen) atoms. The molecule has 1 fully saturated rings. The van der Waals surface area contributed by atoms with E-state index in [1.807, 2.05) is 30.0 Å². The van der Waals surface area contributed by atoms with Gasteiger partial charge in [-0.05, 0) is 29.9 Å². The van der Waals surface area contributed by atoms with Gasteiger partial charge in [0.15, 0.2) is 0 Å². The fourth-order valence-electron chi connectivity index (χ4n) is 2.64. The number of benzene rings is 1. The van der Waals surface area contributed by atoms with Crippen molar-refractivity contribution in [1.29, 1.82) is 0 Å². The van der Waals surface area contributed by atoms with Gasteiger partial charge >= 0.3 is 0 Å². The number of allylic oxidation sites excluding steroid dienone is 1. The molecule has 0 radical (unpaired) electrons. The van der Waals surface area contributed by atoms with Crippen LogP contribution in [-0.4, -0.2) is 5.25 Å². The summed E-state index contributed by atoms with van der Waals surface area (Å²) in [6, 6.07) is 7.95. The minimum atomic E-state index is 0.459. The average molecular weight is 243 g/mol. The Labute approximate surface area is 105 Å². The number of azide groups is 1. The lowest BCUT2D eigenvalue weighted by Crippen LogP contribution is -2.23. The van der Waals surface area contributed by atoms with Crippen molar-refractivity contribution >= 4 is 17.4 Å². The second kappa shape index (κ2) is 4.47. The summed E-state index contributed by atoms with van der Waals surface area (Å²) >= 11 is 2.00. The molecule has 1 aromatic carbocycles. The molecule has 4 rings (SSSR count). The van der Waals surface area contributed by atoms with E-state index in [9.17, 15) is 0 Å². The van der Waals surface area contributed by atoms with Crippen LogP contribution in [0.15, 0.2) is 41.5 Å². The molecular formula is C13H13N3S. The van der Waals surface area contributed by atoms with Gasteiger partial charge in [-0.2, -0.15) is 0 Å². The Kier molecular flexibility index (Phi) is 2.83. The molecule has 3 atom stereocenters. The first-order valence-corrected chi connectivity index (χ1v) is 6.80. The van der Waals surface area contributed by atoms with Gasteiger partial charge < -0.3 is 0 Å². The molecule has 0 N–H and O–H groups in total. The molecule has 0 saturated carbocycles. The van der Waals surface area contributed by atoms with Crippen molar-refractivity contribution in [2.24, 2.45) is 11.0 Å². The quantitative estimate of drug-likeness (QED) is 0.320. The minimum absolute atomic E-state index is 0.459. The fraction of sp³-hybridized carbons (Fsp3) is 0.385. The van der Waals surface area contributed by atoms with Crippen molar-refractivity contribution in [2.45, 2.75) is 23.3 Å². The van der Waals surface area contributed by atoms with E-state index in [0.717, 1.165) is 5.69 Å². The highest BCUT2D eigenvalue weighted by Gasteiger charge is 2.34. The van der Waals surface area contributed by atoms with Gasteiger partial charge in [0.25, 0.3) is 0 Å². The topological polar surface area (TPSA) is 48.8 Å². The number of fused-ring (bicyclic) bond motifs is 2. The van der Waals surface area contributed by atoms with Crippen molar-refractivity contribution in [2.75, 3.05) is 0 Å². The lowest BCUT2D eigenvalue weighted by molar-refractivity contribution is 0.510. The maximum absolute atomic E-state index is 8.61. The summed E-state index contributed by atoms with van der Waals surface area (Å²) in [5.41, 5.74) is 10.6. The SMILES string of the molecule is [N-]=[N+]=Nc1ccccc1C1SC2C=CC1CC2. The molecular weight excluding hydrogens is 230 g/mol. The third-order valence-corrected chi connectivity index (χ3v) is 5.10. The minimum Gasteiger partial charge on any atom is -0.146 e. The summed E-state index contributed by atoms with van der Waals surface area (Å²) < 4.78 is 0. The van der Waals surface area contributed by atoms with Crippen molar-refractivity contribution in [1.82, 2.24) is 0 Å². The van der Waals surface area contributed by atoms with E-state index in [0.29, 0.717) is 16.4 Å². The predicted octanol–water partition coefficient (Wildman–Crippen LogP) is 4.75. The Morgan fingerprint density at radius 1 is 1.24 bits per heavy atom. The second-order valence-corrected chi connectivity index (χ2v) is 5.86. The molecule has 1 aliphatic carbocycles. The maximum Gasteiger partial charge on any atom is 0.0418 e. The zero-order valence-electron chi connectivity index (χ0n) is 9.36. The van der Waals surface area contributed by atoms with Crippen LogP contribution in [-0.2, 0) is 0 Å². The molecule has 86 valence electrons. The van der Waals surface area contributed by atoms with Crippen LogP contribution in [0.3, 0.4) is 0 Å². The van der Waals surface area contributed by atoms with Gasteiger partial charge in [-0.15, -0.1) is 11.8 Å². The monoisotopic (exact) mass is 243 g/mol. The Hall–Kier alpha value is -1.38. The fourth-order valence-corrected chi connectivity index (χ4v) is 4.25. The predicted molar refractivity (Wildman–Crippen MR) is 71.2 cm³/mol. The highest BCUT2D eigenvalue weighted by molar-refractivity contribution is 8.00. The van der Waals surface area contributed by atoms with Crippen molar-refractivity contribution in [3.63, 3.8) is 0 Å². The van der Waals surface area contributed by atoms with Crippen LogP contribution in [0, 0.1) is 5.92 Å². The average Bonchev–Trinajstić information content (AvgIpc) is 2.41. The van der Waals surface area contributed by atoms with Crippen LogP contribution in [0.5, 0.6) is 0 Å². The van der Waals surface area contributed by atoms with Crippen LogP contribution in [0.1, 0.15) is 23.7 Å². The molecule has 3 nitrogen and oxygen atoms in total. The Morgan fingerprint density at radius 2 is 2.12 bits per heavy atom. The normalized spacial score (nSPS) is 30.0. The van der Waals surface area contributed by atoms with Crippen LogP contribution in [0.2, 0.25) is 0 Å². The van der Waals surface area contributed by atoms with Crippen LogP contribution >= 0.6 is 11.8 Å². The molecule has 3 unspecified atom stereocenters. The summed E-state index contributed by atoms with van der Waals surface area (Å²) in [5.74, 6) is 0.597. The smallest absolute Gasteiger partial charge is 0.0418 e. The number of rotatable bonds is 2. The molecule has 2 aliphatic heterocycles. The highest BCUT2D eigenvalue weighted by atomic mass is 32.2. The van der Waals surface area contributed by atoms with Crippen LogP contribution < -0.4 is 0 Å². The van der Waals surface area contributed by atoms with E-state index < -0.39 is 0 Å². The Morgan fingerprint density at radius 3 is 2.76 bits per heavy atom. The van der Waals surface area contributed by atoms with Gasteiger partial charge in [-0.3, -0.25) is 0 Å². The standard InChI is InChI=1S/C13H13N3S/c14-16-15-12-4-2-1-3-11(12)13-9-5-7-10(17-13)8-6-9/h1-5,7,9-10,13H,6,8H2. The third-order valence-electron chi connectivity index (χ3n) is 3.46. The summed E-state index contributed by atoms with van der Waals surface area (Å²) in [4.78, 5) is 2.92. The third kappa shape index (κ3) is 1.94. The summed E-state index contributed by atoms with van der Waals surface area (Å²) in [7, 11) is 0. The molecule has 3 aliphatic rings. The van der Waals surface area contributed by atoms with E-state index >= 15 is 0 Å². The molecule has 4 heteroatoms. The first kappa shape index (κ1) is 10.8. The first-order chi connectivity index (χ1) is 8.38. The maximum atomic E-state index is 8.61. The van der Waals surface area contributed by atoms with Gasteiger partial charge in [0.2, 0.25) is 0 Å². The Balaban J connectivity index is 1.99. The van der Waals surface area contributed by atoms with E-state index in [2.05, 4.69) is 28.2 Å². The zero-order chi connectivity index (χ0) is 11.7. The number of nitrogens with zero attached hydrogens (tertiary/aromatic N) is 3. The second-order valence-electron chi connectivity index (χ2n) is 4.47. The van der Waals surface area contributed by atoms with Gasteiger partial charge in [0.1, 0.15) is 0 Å². The number of hydrogen-bond acceptors (Lipinski definition) is 2. The van der Waals surface area contributed by atoms with Crippen molar-refractivity contribution in [3.8, 4) is 0 Å². The zero-order valence-corrected chi connectivity index (χ0v) is 10.2. The largest absolute Gasteiger partial charge is 0.146 e. The number of hydrogen-bond donors (Lipinski definition) is 0. The summed E-state index contributed by atoms with van der Waals surface area (Å²) in [6.45, 7) is 0. The summed E-state index contributed by atoms with van der Waals surface area (Å²) in [5, 5.41) is 4.91. The van der Waals surface area contributed by atoms with Gasteiger partial charge in [-0.1, -0.05) is 41.5 Å². The molecule has 2 bridgehead atoms. The number of thioether (sulfide) groups is 1. The molecule has 1 saturated heterocycles. The van der Waals surface area contributed by atoms with Gasteiger partial charge in [0, 0.05) is 21.1 Å². The summed E-state index contributed by atoms with van der Waals surface area (Å²) in [6.07, 6.45) is 7.20. The van der Waals surface area contributed by atoms with E-state index in [4.69, 9.17) is 5.53 Å². The van der Waals surface area contributed by atoms with Crippen LogP contribution in [0.25, 0.3) is 10.4 Å². The van der Waals surface area contributed by atoms with Crippen molar-refractivity contribution in [3.05, 3.63) is 52.4 Å².